The molecule has 0 spiro atoms. The molecule has 0 aliphatic heterocycles. The zero-order valence-corrected chi connectivity index (χ0v) is 24.4. The van der Waals surface area contributed by atoms with Crippen LogP contribution in [0.15, 0.2) is 0 Å². The molecule has 0 aromatic carbocycles. The van der Waals surface area contributed by atoms with Crippen LogP contribution < -0.4 is 17.0 Å². The second kappa shape index (κ2) is 20.0. The maximum absolute atomic E-state index is 13.1. The van der Waals surface area contributed by atoms with E-state index in [1.165, 1.54) is 89.9 Å². The normalized spacial score (nSPS) is 12.5. The van der Waals surface area contributed by atoms with E-state index < -0.39 is 7.60 Å². The predicted molar refractivity (Wildman–Crippen MR) is 132 cm³/mol. The van der Waals surface area contributed by atoms with Gasteiger partial charge in [0.25, 0.3) is 0 Å². The van der Waals surface area contributed by atoms with Gasteiger partial charge in [0, 0.05) is 0 Å². The van der Waals surface area contributed by atoms with Crippen LogP contribution in [0, 0.1) is 0 Å². The highest BCUT2D eigenvalue weighted by Gasteiger charge is 2.36. The molecule has 0 aliphatic rings. The Bertz CT molecular complexity index is 430. The van der Waals surface area contributed by atoms with Crippen molar-refractivity contribution >= 4 is 7.60 Å². The Morgan fingerprint density at radius 2 is 0.968 bits per heavy atom. The number of unbranched alkanes of at least 4 members (excludes halogenated alkanes) is 13. The molecule has 0 aromatic rings. The molecule has 0 unspecified atom stereocenters. The van der Waals surface area contributed by atoms with E-state index >= 15 is 0 Å². The Kier molecular flexibility index (Phi) is 21.8. The van der Waals surface area contributed by atoms with Gasteiger partial charge in [-0.3, -0.25) is 4.57 Å². The van der Waals surface area contributed by atoms with Crippen molar-refractivity contribution in [2.75, 3.05) is 26.9 Å². The third kappa shape index (κ3) is 22.2. The number of halogens is 1. The maximum Gasteiger partial charge on any atom is 0.385 e. The zero-order valence-electron chi connectivity index (χ0n) is 22.0. The van der Waals surface area contributed by atoms with Crippen LogP contribution in [-0.2, 0) is 13.6 Å². The van der Waals surface area contributed by atoms with E-state index in [0.29, 0.717) is 10.8 Å². The maximum atomic E-state index is 13.1. The second-order valence-corrected chi connectivity index (χ2v) is 12.2. The van der Waals surface area contributed by atoms with Crippen LogP contribution >= 0.6 is 7.60 Å². The van der Waals surface area contributed by atoms with Crippen LogP contribution in [0.3, 0.4) is 0 Å². The summed E-state index contributed by atoms with van der Waals surface area (Å²) in [6, 6.07) is 0. The molecule has 31 heavy (non-hydrogen) atoms. The van der Waals surface area contributed by atoms with Crippen molar-refractivity contribution in [2.45, 2.75) is 137 Å². The SMILES string of the molecule is CCCCCCCCCCCCCCCC[N+](C)(C)CP(=O)(OC(C)C)OC(C)C.[Br-]. The topological polar surface area (TPSA) is 35.5 Å². The van der Waals surface area contributed by atoms with Gasteiger partial charge in [-0.15, -0.1) is 0 Å². The summed E-state index contributed by atoms with van der Waals surface area (Å²) in [7, 11) is 1.21. The number of hydrogen-bond donors (Lipinski definition) is 0. The lowest BCUT2D eigenvalue weighted by atomic mass is 10.0. The van der Waals surface area contributed by atoms with Gasteiger partial charge < -0.3 is 30.5 Å². The quantitative estimate of drug-likeness (QED) is 0.111. The summed E-state index contributed by atoms with van der Waals surface area (Å²) < 4.78 is 25.3. The molecule has 0 aromatic heterocycles. The fourth-order valence-corrected chi connectivity index (χ4v) is 6.55. The van der Waals surface area contributed by atoms with E-state index in [4.69, 9.17) is 9.05 Å². The summed E-state index contributed by atoms with van der Waals surface area (Å²) in [6.07, 6.45) is 19.5. The largest absolute Gasteiger partial charge is 1.00 e. The number of rotatable bonds is 21. The smallest absolute Gasteiger partial charge is 0.385 e. The molecule has 0 fully saturated rings. The molecular formula is C25H55BrNO3P. The van der Waals surface area contributed by atoms with Crippen molar-refractivity contribution in [3.05, 3.63) is 0 Å². The first-order valence-electron chi connectivity index (χ1n) is 12.9. The molecule has 0 saturated heterocycles. The van der Waals surface area contributed by atoms with E-state index in [9.17, 15) is 4.57 Å². The van der Waals surface area contributed by atoms with E-state index in [2.05, 4.69) is 21.0 Å². The van der Waals surface area contributed by atoms with Gasteiger partial charge in [0.15, 0.2) is 6.29 Å². The Labute approximate surface area is 206 Å². The van der Waals surface area contributed by atoms with Crippen molar-refractivity contribution in [1.82, 2.24) is 0 Å². The molecule has 0 atom stereocenters. The number of nitrogens with zero attached hydrogens (tertiary/aromatic N) is 1. The predicted octanol–water partition coefficient (Wildman–Crippen LogP) is 5.55. The lowest BCUT2D eigenvalue weighted by Crippen LogP contribution is -3.00. The van der Waals surface area contributed by atoms with E-state index in [1.54, 1.807) is 0 Å². The van der Waals surface area contributed by atoms with Crippen molar-refractivity contribution in [3.63, 3.8) is 0 Å². The molecule has 6 heteroatoms. The number of hydrogen-bond acceptors (Lipinski definition) is 3. The molecule has 190 valence electrons. The monoisotopic (exact) mass is 527 g/mol. The summed E-state index contributed by atoms with van der Waals surface area (Å²) in [5, 5.41) is 0. The third-order valence-electron chi connectivity index (χ3n) is 5.42. The highest BCUT2D eigenvalue weighted by atomic mass is 79.9. The van der Waals surface area contributed by atoms with Gasteiger partial charge in [0.2, 0.25) is 0 Å². The first-order valence-corrected chi connectivity index (χ1v) is 14.6. The fraction of sp³-hybridized carbons (Fsp3) is 1.00. The minimum absolute atomic E-state index is 0. The Hall–Kier alpha value is 0.590. The minimum Gasteiger partial charge on any atom is -1.00 e. The summed E-state index contributed by atoms with van der Waals surface area (Å²) in [5.41, 5.74) is 0. The average molecular weight is 529 g/mol. The first kappa shape index (κ1) is 33.8. The van der Waals surface area contributed by atoms with E-state index in [-0.39, 0.29) is 29.2 Å². The van der Waals surface area contributed by atoms with Crippen LogP contribution in [0.2, 0.25) is 0 Å². The molecule has 0 rings (SSSR count). The van der Waals surface area contributed by atoms with Crippen LogP contribution in [0.5, 0.6) is 0 Å². The summed E-state index contributed by atoms with van der Waals surface area (Å²) in [4.78, 5) is 0. The molecule has 0 amide bonds. The molecule has 0 N–H and O–H groups in total. The first-order chi connectivity index (χ1) is 14.1. The van der Waals surface area contributed by atoms with E-state index in [1.807, 2.05) is 27.7 Å². The average Bonchev–Trinajstić information content (AvgIpc) is 2.59. The zero-order chi connectivity index (χ0) is 22.9. The van der Waals surface area contributed by atoms with E-state index in [0.717, 1.165) is 6.54 Å². The van der Waals surface area contributed by atoms with Gasteiger partial charge >= 0.3 is 7.60 Å². The van der Waals surface area contributed by atoms with Crippen molar-refractivity contribution < 1.29 is 35.1 Å². The van der Waals surface area contributed by atoms with Gasteiger partial charge in [0.05, 0.1) is 32.8 Å². The van der Waals surface area contributed by atoms with Crippen molar-refractivity contribution in [3.8, 4) is 0 Å². The van der Waals surface area contributed by atoms with Gasteiger partial charge in [-0.2, -0.15) is 0 Å². The highest BCUT2D eigenvalue weighted by Crippen LogP contribution is 2.51. The summed E-state index contributed by atoms with van der Waals surface area (Å²) in [6.45, 7) is 11.0. The molecule has 4 nitrogen and oxygen atoms in total. The summed E-state index contributed by atoms with van der Waals surface area (Å²) in [5.74, 6) is 0. The summed E-state index contributed by atoms with van der Waals surface area (Å²) >= 11 is 0. The Morgan fingerprint density at radius 3 is 1.29 bits per heavy atom. The molecule has 0 saturated carbocycles. The van der Waals surface area contributed by atoms with Crippen LogP contribution in [0.25, 0.3) is 0 Å². The molecular weight excluding hydrogens is 473 g/mol. The van der Waals surface area contributed by atoms with Crippen LogP contribution in [0.1, 0.15) is 125 Å². The molecule has 0 bridgehead atoms. The second-order valence-electron chi connectivity index (χ2n) is 10.3. The van der Waals surface area contributed by atoms with Crippen molar-refractivity contribution in [1.29, 1.82) is 0 Å². The van der Waals surface area contributed by atoms with Gasteiger partial charge in [0.1, 0.15) is 0 Å². The third-order valence-corrected chi connectivity index (χ3v) is 8.01. The van der Waals surface area contributed by atoms with Crippen molar-refractivity contribution in [2.24, 2.45) is 0 Å². The lowest BCUT2D eigenvalue weighted by molar-refractivity contribution is -0.880. The van der Waals surface area contributed by atoms with Gasteiger partial charge in [-0.1, -0.05) is 84.0 Å². The molecule has 0 radical (unpaired) electrons. The fourth-order valence-electron chi connectivity index (χ4n) is 4.01. The molecule has 0 aliphatic carbocycles. The Morgan fingerprint density at radius 1 is 0.645 bits per heavy atom. The molecule has 0 heterocycles. The highest BCUT2D eigenvalue weighted by molar-refractivity contribution is 7.53. The minimum atomic E-state index is -3.07. The lowest BCUT2D eigenvalue weighted by Gasteiger charge is -2.34. The van der Waals surface area contributed by atoms with Gasteiger partial charge in [-0.05, 0) is 40.5 Å². The standard InChI is InChI=1S/C25H55NO3P.BrH/c1-8-9-10-11-12-13-14-15-16-17-18-19-20-21-22-26(6,7)23-30(27,28-24(2)3)29-25(4)5;/h24-25H,8-23H2,1-7H3;1H/q+1;/p-1. The Balaban J connectivity index is 0. The van der Waals surface area contributed by atoms with Crippen LogP contribution in [-0.4, -0.2) is 43.6 Å². The van der Waals surface area contributed by atoms with Crippen LogP contribution in [0.4, 0.5) is 0 Å². The van der Waals surface area contributed by atoms with Gasteiger partial charge in [-0.25, -0.2) is 0 Å². The number of quaternary nitrogens is 1.